The van der Waals surface area contributed by atoms with Crippen LogP contribution in [0.1, 0.15) is 58.3 Å². The molecule has 1 aliphatic heterocycles. The van der Waals surface area contributed by atoms with Gasteiger partial charge in [-0.3, -0.25) is 19.8 Å². The van der Waals surface area contributed by atoms with E-state index in [-0.39, 0.29) is 11.8 Å². The third-order valence-electron chi connectivity index (χ3n) is 5.41. The zero-order valence-electron chi connectivity index (χ0n) is 12.7. The molecule has 5 nitrogen and oxygen atoms in total. The van der Waals surface area contributed by atoms with E-state index < -0.39 is 11.4 Å². The molecule has 21 heavy (non-hydrogen) atoms. The molecule has 0 aromatic heterocycles. The lowest BCUT2D eigenvalue weighted by Crippen LogP contribution is -2.64. The minimum Gasteiger partial charge on any atom is -0.277 e. The van der Waals surface area contributed by atoms with E-state index in [1.165, 1.54) is 17.7 Å². The van der Waals surface area contributed by atoms with Crippen molar-refractivity contribution in [3.8, 4) is 0 Å². The smallest absolute Gasteiger partial charge is 0.277 e. The van der Waals surface area contributed by atoms with Crippen LogP contribution in [-0.4, -0.2) is 29.3 Å². The summed E-state index contributed by atoms with van der Waals surface area (Å²) in [6.45, 7) is 2.54. The summed E-state index contributed by atoms with van der Waals surface area (Å²) >= 11 is 0. The highest BCUT2D eigenvalue weighted by molar-refractivity contribution is 6.19. The van der Waals surface area contributed by atoms with Crippen molar-refractivity contribution in [1.82, 2.24) is 10.2 Å². The number of rotatable bonds is 3. The lowest BCUT2D eigenvalue weighted by atomic mass is 9.76. The van der Waals surface area contributed by atoms with Gasteiger partial charge in [0.2, 0.25) is 11.8 Å². The van der Waals surface area contributed by atoms with Gasteiger partial charge in [-0.2, -0.15) is 0 Å². The number of barbiturate groups is 1. The Morgan fingerprint density at radius 1 is 1.14 bits per heavy atom. The molecule has 1 spiro atoms. The van der Waals surface area contributed by atoms with Crippen LogP contribution in [0, 0.1) is 17.3 Å². The van der Waals surface area contributed by atoms with Gasteiger partial charge in [-0.25, -0.2) is 4.79 Å². The first-order valence-electron chi connectivity index (χ1n) is 8.22. The van der Waals surface area contributed by atoms with Gasteiger partial charge in [0.15, 0.2) is 0 Å². The lowest BCUT2D eigenvalue weighted by molar-refractivity contribution is -0.153. The van der Waals surface area contributed by atoms with Gasteiger partial charge in [-0.05, 0) is 37.5 Å². The molecule has 116 valence electrons. The van der Waals surface area contributed by atoms with Crippen molar-refractivity contribution in [1.29, 1.82) is 0 Å². The van der Waals surface area contributed by atoms with Crippen molar-refractivity contribution in [3.05, 3.63) is 0 Å². The first-order valence-corrected chi connectivity index (χ1v) is 8.22. The molecule has 2 aliphatic carbocycles. The van der Waals surface area contributed by atoms with Crippen LogP contribution in [0.15, 0.2) is 0 Å². The Balaban J connectivity index is 1.81. The predicted molar refractivity (Wildman–Crippen MR) is 77.3 cm³/mol. The van der Waals surface area contributed by atoms with Crippen molar-refractivity contribution in [2.45, 2.75) is 58.3 Å². The topological polar surface area (TPSA) is 66.5 Å². The predicted octanol–water partition coefficient (Wildman–Crippen LogP) is 2.45. The number of hydrogen-bond donors (Lipinski definition) is 1. The molecule has 1 N–H and O–H groups in total. The van der Waals surface area contributed by atoms with Crippen molar-refractivity contribution >= 4 is 17.8 Å². The van der Waals surface area contributed by atoms with Gasteiger partial charge in [0.1, 0.15) is 5.41 Å². The minimum atomic E-state index is -0.978. The Hall–Kier alpha value is -1.39. The molecule has 0 aromatic carbocycles. The molecule has 0 bridgehead atoms. The van der Waals surface area contributed by atoms with Crippen LogP contribution < -0.4 is 5.32 Å². The molecule has 4 amide bonds. The summed E-state index contributed by atoms with van der Waals surface area (Å²) in [4.78, 5) is 38.6. The van der Waals surface area contributed by atoms with Crippen LogP contribution >= 0.6 is 0 Å². The standard InChI is InChI=1S/C16H24N2O3/c1-11(12-6-7-12)10-18-14(20)16(13(19)17-15(18)21)8-4-2-3-5-9-16/h11-12H,2-10H2,1H3,(H,17,19,21). The van der Waals surface area contributed by atoms with E-state index in [0.29, 0.717) is 31.2 Å². The number of nitrogens with one attached hydrogen (secondary N) is 1. The van der Waals surface area contributed by atoms with Gasteiger partial charge in [0, 0.05) is 6.54 Å². The number of carbonyl (C=O) groups is 3. The van der Waals surface area contributed by atoms with Gasteiger partial charge in [-0.15, -0.1) is 0 Å². The molecule has 1 saturated heterocycles. The van der Waals surface area contributed by atoms with Crippen LogP contribution in [0.2, 0.25) is 0 Å². The Morgan fingerprint density at radius 2 is 1.76 bits per heavy atom. The van der Waals surface area contributed by atoms with Crippen molar-refractivity contribution < 1.29 is 14.4 Å². The van der Waals surface area contributed by atoms with Gasteiger partial charge in [0.05, 0.1) is 0 Å². The van der Waals surface area contributed by atoms with E-state index in [2.05, 4.69) is 12.2 Å². The number of amides is 4. The fourth-order valence-electron chi connectivity index (χ4n) is 3.77. The van der Waals surface area contributed by atoms with Crippen molar-refractivity contribution in [3.63, 3.8) is 0 Å². The van der Waals surface area contributed by atoms with E-state index in [1.807, 2.05) is 0 Å². The Bertz CT molecular complexity index is 462. The van der Waals surface area contributed by atoms with Gasteiger partial charge in [0.25, 0.3) is 0 Å². The normalized spacial score (nSPS) is 27.5. The highest BCUT2D eigenvalue weighted by Crippen LogP contribution is 2.41. The first kappa shape index (κ1) is 14.5. The highest BCUT2D eigenvalue weighted by Gasteiger charge is 2.53. The lowest BCUT2D eigenvalue weighted by Gasteiger charge is -2.39. The molecule has 1 unspecified atom stereocenters. The summed E-state index contributed by atoms with van der Waals surface area (Å²) < 4.78 is 0. The molecule has 3 aliphatic rings. The number of nitrogens with zero attached hydrogens (tertiary/aromatic N) is 1. The minimum absolute atomic E-state index is 0.245. The third kappa shape index (κ3) is 2.58. The highest BCUT2D eigenvalue weighted by atomic mass is 16.2. The van der Waals surface area contributed by atoms with E-state index in [4.69, 9.17) is 0 Å². The maximum atomic E-state index is 12.9. The molecule has 2 saturated carbocycles. The Kier molecular flexibility index (Phi) is 3.76. The van der Waals surface area contributed by atoms with E-state index in [1.54, 1.807) is 0 Å². The van der Waals surface area contributed by atoms with E-state index in [9.17, 15) is 14.4 Å². The Morgan fingerprint density at radius 3 is 2.33 bits per heavy atom. The van der Waals surface area contributed by atoms with E-state index in [0.717, 1.165) is 25.7 Å². The molecule has 0 radical (unpaired) electrons. The van der Waals surface area contributed by atoms with Crippen LogP contribution in [0.25, 0.3) is 0 Å². The molecule has 5 heteroatoms. The summed E-state index contributed by atoms with van der Waals surface area (Å²) in [5.74, 6) is 0.351. The van der Waals surface area contributed by atoms with Crippen molar-refractivity contribution in [2.75, 3.05) is 6.54 Å². The molecular weight excluding hydrogens is 268 g/mol. The summed E-state index contributed by atoms with van der Waals surface area (Å²) in [5, 5.41) is 2.44. The van der Waals surface area contributed by atoms with Gasteiger partial charge >= 0.3 is 6.03 Å². The SMILES string of the molecule is CC(CN1C(=O)NC(=O)C2(CCCCCC2)C1=O)C1CC1. The molecular formula is C16H24N2O3. The van der Waals surface area contributed by atoms with Crippen LogP contribution in [0.5, 0.6) is 0 Å². The average molecular weight is 292 g/mol. The molecule has 1 heterocycles. The van der Waals surface area contributed by atoms with Gasteiger partial charge in [-0.1, -0.05) is 32.6 Å². The monoisotopic (exact) mass is 292 g/mol. The number of hydrogen-bond acceptors (Lipinski definition) is 3. The first-order chi connectivity index (χ1) is 10.0. The summed E-state index contributed by atoms with van der Waals surface area (Å²) in [6.07, 6.45) is 7.45. The third-order valence-corrected chi connectivity index (χ3v) is 5.41. The van der Waals surface area contributed by atoms with Gasteiger partial charge < -0.3 is 0 Å². The molecule has 1 atom stereocenters. The van der Waals surface area contributed by atoms with Crippen molar-refractivity contribution in [2.24, 2.45) is 17.3 Å². The molecule has 3 fully saturated rings. The molecule has 3 rings (SSSR count). The summed E-state index contributed by atoms with van der Waals surface area (Å²) in [5.41, 5.74) is -0.978. The quantitative estimate of drug-likeness (QED) is 0.812. The Labute approximate surface area is 125 Å². The maximum absolute atomic E-state index is 12.9. The summed E-state index contributed by atoms with van der Waals surface area (Å²) in [6, 6.07) is -0.521. The zero-order chi connectivity index (χ0) is 15.0. The van der Waals surface area contributed by atoms with Crippen LogP contribution in [-0.2, 0) is 9.59 Å². The summed E-state index contributed by atoms with van der Waals surface area (Å²) in [7, 11) is 0. The zero-order valence-corrected chi connectivity index (χ0v) is 12.7. The van der Waals surface area contributed by atoms with Crippen LogP contribution in [0.4, 0.5) is 4.79 Å². The largest absolute Gasteiger partial charge is 0.330 e. The number of carbonyl (C=O) groups excluding carboxylic acids is 3. The second kappa shape index (κ2) is 5.43. The second-order valence-corrected chi connectivity index (χ2v) is 6.99. The van der Waals surface area contributed by atoms with E-state index >= 15 is 0 Å². The number of imide groups is 2. The molecule has 0 aromatic rings. The average Bonchev–Trinajstić information content (AvgIpc) is 3.27. The van der Waals surface area contributed by atoms with Crippen LogP contribution in [0.3, 0.4) is 0 Å². The second-order valence-electron chi connectivity index (χ2n) is 6.99. The maximum Gasteiger partial charge on any atom is 0.330 e. The fourth-order valence-corrected chi connectivity index (χ4v) is 3.77. The number of urea groups is 1. The fraction of sp³-hybridized carbons (Fsp3) is 0.812.